The maximum absolute atomic E-state index is 13.0. The zero-order chi connectivity index (χ0) is 71.8. The maximum atomic E-state index is 13.0. The van der Waals surface area contributed by atoms with Gasteiger partial charge in [-0.2, -0.15) is 0 Å². The number of quaternary nitrogens is 1. The molecule has 9 nitrogen and oxygen atoms in total. The Labute approximate surface area is 613 Å². The van der Waals surface area contributed by atoms with Gasteiger partial charge in [0.1, 0.15) is 13.2 Å². The lowest BCUT2D eigenvalue weighted by molar-refractivity contribution is -0.870. The maximum Gasteiger partial charge on any atom is 0.306 e. The molecule has 0 saturated carbocycles. The SMILES string of the molecule is CC/C=C\C/C=C\C/C=C\C/C=C\C/C=C\CCCCCCCCCCCCCCCCCCCCCC(=O)OC(COC(=O)CCCCCCCCCCCCCCCCCCCCCCCCCC/C=C\C/C=C\C/C=C\CCCCCCC)COC(OCC[N+](C)(C)C)C(=O)[O-]. The van der Waals surface area contributed by atoms with E-state index in [4.69, 9.17) is 18.9 Å². The average Bonchev–Trinajstić information content (AvgIpc) is 1.16. The third-order valence-corrected chi connectivity index (χ3v) is 18.8. The van der Waals surface area contributed by atoms with Crippen molar-refractivity contribution in [1.29, 1.82) is 0 Å². The predicted molar refractivity (Wildman–Crippen MR) is 426 cm³/mol. The van der Waals surface area contributed by atoms with Gasteiger partial charge in [-0.15, -0.1) is 0 Å². The van der Waals surface area contributed by atoms with Crippen molar-refractivity contribution in [1.82, 2.24) is 0 Å². The summed E-state index contributed by atoms with van der Waals surface area (Å²) < 4.78 is 22.9. The highest BCUT2D eigenvalue weighted by atomic mass is 16.7. The summed E-state index contributed by atoms with van der Waals surface area (Å²) in [6.07, 6.45) is 108. The van der Waals surface area contributed by atoms with Crippen LogP contribution in [0, 0.1) is 0 Å². The number of hydrogen-bond acceptors (Lipinski definition) is 8. The van der Waals surface area contributed by atoms with E-state index in [0.29, 0.717) is 23.9 Å². The van der Waals surface area contributed by atoms with Crippen LogP contribution < -0.4 is 5.11 Å². The van der Waals surface area contributed by atoms with Crippen molar-refractivity contribution in [3.05, 3.63) is 97.2 Å². The number of ether oxygens (including phenoxy) is 4. The third-order valence-electron chi connectivity index (χ3n) is 18.8. The molecule has 0 heterocycles. The smallest absolute Gasteiger partial charge is 0.306 e. The van der Waals surface area contributed by atoms with E-state index >= 15 is 0 Å². The Hall–Kier alpha value is -3.79. The van der Waals surface area contributed by atoms with E-state index in [1.165, 1.54) is 289 Å². The molecular weight excluding hydrogens is 1220 g/mol. The fourth-order valence-electron chi connectivity index (χ4n) is 12.4. The topological polar surface area (TPSA) is 111 Å². The fourth-order valence-corrected chi connectivity index (χ4v) is 12.4. The number of hydrogen-bond donors (Lipinski definition) is 0. The van der Waals surface area contributed by atoms with Crippen molar-refractivity contribution in [3.63, 3.8) is 0 Å². The van der Waals surface area contributed by atoms with Gasteiger partial charge in [-0.1, -0.05) is 387 Å². The summed E-state index contributed by atoms with van der Waals surface area (Å²) in [4.78, 5) is 37.7. The van der Waals surface area contributed by atoms with Crippen LogP contribution in [0.25, 0.3) is 0 Å². The summed E-state index contributed by atoms with van der Waals surface area (Å²) in [6, 6.07) is 0. The lowest BCUT2D eigenvalue weighted by Gasteiger charge is -2.26. The average molecular weight is 1390 g/mol. The minimum Gasteiger partial charge on any atom is -0.545 e. The number of carboxylic acids is 1. The van der Waals surface area contributed by atoms with Gasteiger partial charge in [0, 0.05) is 12.8 Å². The number of nitrogens with zero attached hydrogens (tertiary/aromatic N) is 1. The molecule has 2 atom stereocenters. The number of likely N-dealkylation sites (N-methyl/N-ethyl adjacent to an activating group) is 1. The van der Waals surface area contributed by atoms with Crippen LogP contribution in [0.1, 0.15) is 399 Å². The Morgan fingerprint density at radius 2 is 0.576 bits per heavy atom. The minimum absolute atomic E-state index is 0.148. The van der Waals surface area contributed by atoms with Crippen LogP contribution >= 0.6 is 0 Å². The highest BCUT2D eigenvalue weighted by Gasteiger charge is 2.22. The van der Waals surface area contributed by atoms with Crippen LogP contribution in [0.4, 0.5) is 0 Å². The number of aliphatic carboxylic acids is 1. The van der Waals surface area contributed by atoms with E-state index in [0.717, 1.165) is 77.0 Å². The van der Waals surface area contributed by atoms with Gasteiger partial charge < -0.3 is 33.3 Å². The van der Waals surface area contributed by atoms with Crippen molar-refractivity contribution in [2.24, 2.45) is 0 Å². The van der Waals surface area contributed by atoms with E-state index in [1.807, 2.05) is 21.1 Å². The number of esters is 2. The number of rotatable bonds is 79. The Balaban J connectivity index is 3.95. The van der Waals surface area contributed by atoms with Gasteiger partial charge in [0.05, 0.1) is 40.3 Å². The highest BCUT2D eigenvalue weighted by Crippen LogP contribution is 2.20. The van der Waals surface area contributed by atoms with Gasteiger partial charge in [0.2, 0.25) is 0 Å². The molecule has 0 N–H and O–H groups in total. The second kappa shape index (κ2) is 79.9. The summed E-state index contributed by atoms with van der Waals surface area (Å²) in [6.45, 7) is 4.68. The first-order chi connectivity index (χ1) is 48.6. The van der Waals surface area contributed by atoms with Crippen LogP contribution in [0.5, 0.6) is 0 Å². The second-order valence-corrected chi connectivity index (χ2v) is 29.7. The van der Waals surface area contributed by atoms with Crippen LogP contribution in [0.15, 0.2) is 97.2 Å². The molecule has 0 fully saturated rings. The van der Waals surface area contributed by atoms with Gasteiger partial charge in [-0.25, -0.2) is 0 Å². The van der Waals surface area contributed by atoms with Crippen molar-refractivity contribution < 1.29 is 42.9 Å². The number of unbranched alkanes of at least 4 members (excludes halogenated alkanes) is 48. The normalized spacial score (nSPS) is 13.1. The van der Waals surface area contributed by atoms with E-state index in [1.54, 1.807) is 0 Å². The predicted octanol–water partition coefficient (Wildman–Crippen LogP) is 26.2. The van der Waals surface area contributed by atoms with Crippen LogP contribution in [-0.2, 0) is 33.3 Å². The van der Waals surface area contributed by atoms with Crippen molar-refractivity contribution >= 4 is 17.9 Å². The molecule has 0 radical (unpaired) electrons. The van der Waals surface area contributed by atoms with E-state index in [-0.39, 0.29) is 32.2 Å². The van der Waals surface area contributed by atoms with Gasteiger partial charge in [0.25, 0.3) is 0 Å². The van der Waals surface area contributed by atoms with Gasteiger partial charge in [-0.3, -0.25) is 9.59 Å². The van der Waals surface area contributed by atoms with Gasteiger partial charge in [-0.05, 0) is 96.3 Å². The van der Waals surface area contributed by atoms with Crippen molar-refractivity contribution in [2.75, 3.05) is 47.5 Å². The number of allylic oxidation sites excluding steroid dienone is 16. The number of carbonyl (C=O) groups is 3. The number of carbonyl (C=O) groups excluding carboxylic acids is 3. The lowest BCUT2D eigenvalue weighted by atomic mass is 10.0. The zero-order valence-corrected chi connectivity index (χ0v) is 65.9. The first-order valence-electron chi connectivity index (χ1n) is 42.4. The molecular formula is C90H161NO8. The Bertz CT molecular complexity index is 1960. The third kappa shape index (κ3) is 81.4. The lowest BCUT2D eigenvalue weighted by Crippen LogP contribution is -2.44. The van der Waals surface area contributed by atoms with Crippen LogP contribution in [-0.4, -0.2) is 82.3 Å². The van der Waals surface area contributed by atoms with Crippen LogP contribution in [0.3, 0.4) is 0 Å². The second-order valence-electron chi connectivity index (χ2n) is 29.7. The molecule has 574 valence electrons. The summed E-state index contributed by atoms with van der Waals surface area (Å²) in [7, 11) is 5.95. The Kier molecular flexibility index (Phi) is 76.8. The Morgan fingerprint density at radius 1 is 0.313 bits per heavy atom. The molecule has 0 aliphatic heterocycles. The van der Waals surface area contributed by atoms with Gasteiger partial charge >= 0.3 is 11.9 Å². The molecule has 0 aromatic rings. The van der Waals surface area contributed by atoms with E-state index in [2.05, 4.69) is 111 Å². The number of carboxylic acid groups (broad SMARTS) is 1. The zero-order valence-electron chi connectivity index (χ0n) is 65.9. The van der Waals surface area contributed by atoms with Crippen molar-refractivity contribution in [3.8, 4) is 0 Å². The fraction of sp³-hybridized carbons (Fsp3) is 0.789. The summed E-state index contributed by atoms with van der Waals surface area (Å²) in [5.41, 5.74) is 0. The molecule has 0 rings (SSSR count). The molecule has 0 aromatic heterocycles. The summed E-state index contributed by atoms with van der Waals surface area (Å²) >= 11 is 0. The molecule has 99 heavy (non-hydrogen) atoms. The first-order valence-corrected chi connectivity index (χ1v) is 42.4. The highest BCUT2D eigenvalue weighted by molar-refractivity contribution is 5.70. The standard InChI is InChI=1S/C90H161NO8/c1-6-8-10-12-14-16-18-20-22-24-26-28-30-32-34-36-38-40-42-43-44-45-47-48-50-52-54-56-58-60-62-64-66-68-70-72-74-76-78-80-87(92)97-84-86(85-98-90(89(94)95)96-83-82-91(3,4)5)99-88(93)81-79-77-75-73-71-69-67-65-63-61-59-57-55-53-51-49-46-41-39-37-35-33-31-29-27-25-23-21-19-17-15-13-11-9-7-2/h9,11,15,17-18,20-21,23-24,26-27,29-30,32-33,35,86,90H,6-8,10,12-14,16,19,22,25,28,31,34,36-85H2,1-5H3/b11-9-,17-15-,20-18-,23-21-,26-24-,29-27-,32-30-,35-33-. The summed E-state index contributed by atoms with van der Waals surface area (Å²) in [5.74, 6) is -2.26. The minimum atomic E-state index is -1.62. The van der Waals surface area contributed by atoms with E-state index in [9.17, 15) is 19.5 Å². The molecule has 2 unspecified atom stereocenters. The molecule has 0 aliphatic carbocycles. The molecule has 0 aromatic carbocycles. The quantitative estimate of drug-likeness (QED) is 0.0195. The molecule has 0 amide bonds. The van der Waals surface area contributed by atoms with E-state index < -0.39 is 24.3 Å². The molecule has 0 spiro atoms. The molecule has 0 bridgehead atoms. The Morgan fingerprint density at radius 3 is 0.859 bits per heavy atom. The monoisotopic (exact) mass is 1380 g/mol. The largest absolute Gasteiger partial charge is 0.545 e. The molecule has 0 aliphatic rings. The van der Waals surface area contributed by atoms with Crippen molar-refractivity contribution in [2.45, 2.75) is 411 Å². The molecule has 0 saturated heterocycles. The first kappa shape index (κ1) is 95.2. The summed E-state index contributed by atoms with van der Waals surface area (Å²) in [5, 5.41) is 11.9. The van der Waals surface area contributed by atoms with Crippen LogP contribution in [0.2, 0.25) is 0 Å². The van der Waals surface area contributed by atoms with Gasteiger partial charge in [0.15, 0.2) is 12.4 Å². The molecule has 9 heteroatoms.